The van der Waals surface area contributed by atoms with Crippen LogP contribution >= 0.6 is 0 Å². The molecule has 4 aromatic rings. The molecule has 0 unspecified atom stereocenters. The second-order valence-corrected chi connectivity index (χ2v) is 7.72. The first kappa shape index (κ1) is 23.7. The fourth-order valence-corrected chi connectivity index (χ4v) is 3.74. The van der Waals surface area contributed by atoms with E-state index in [-0.39, 0.29) is 12.1 Å². The van der Waals surface area contributed by atoms with Crippen LogP contribution in [0.1, 0.15) is 18.5 Å². The Morgan fingerprint density at radius 3 is 2.23 bits per heavy atom. The van der Waals surface area contributed by atoms with E-state index in [1.807, 2.05) is 37.3 Å². The van der Waals surface area contributed by atoms with Gasteiger partial charge in [-0.2, -0.15) is 0 Å². The van der Waals surface area contributed by atoms with E-state index in [0.29, 0.717) is 28.7 Å². The van der Waals surface area contributed by atoms with Crippen molar-refractivity contribution in [2.45, 2.75) is 13.0 Å². The maximum atomic E-state index is 12.5. The second-order valence-electron chi connectivity index (χ2n) is 7.72. The average molecular weight is 474 g/mol. The number of nitrogens with one attached hydrogen (secondary N) is 2. The quantitative estimate of drug-likeness (QED) is 0.329. The first-order valence-electron chi connectivity index (χ1n) is 11.0. The van der Waals surface area contributed by atoms with Gasteiger partial charge in [0.2, 0.25) is 0 Å². The topological polar surface area (TPSA) is 90.9 Å². The lowest BCUT2D eigenvalue weighted by Gasteiger charge is -2.17. The summed E-state index contributed by atoms with van der Waals surface area (Å²) in [6.07, 6.45) is 1.67. The van der Waals surface area contributed by atoms with E-state index in [1.165, 1.54) is 0 Å². The van der Waals surface area contributed by atoms with E-state index in [2.05, 4.69) is 15.6 Å². The Morgan fingerprint density at radius 2 is 1.51 bits per heavy atom. The van der Waals surface area contributed by atoms with Crippen LogP contribution in [-0.4, -0.2) is 32.3 Å². The summed E-state index contributed by atoms with van der Waals surface area (Å²) < 4.78 is 22.2. The lowest BCUT2D eigenvalue weighted by Crippen LogP contribution is -2.31. The molecule has 0 fully saturated rings. The van der Waals surface area contributed by atoms with Gasteiger partial charge in [-0.3, -0.25) is 4.98 Å². The van der Waals surface area contributed by atoms with Gasteiger partial charge in [-0.15, -0.1) is 0 Å². The highest BCUT2D eigenvalue weighted by Gasteiger charge is 2.14. The summed E-state index contributed by atoms with van der Waals surface area (Å²) in [5.74, 6) is 3.14. The smallest absolute Gasteiger partial charge is 0.319 e. The number of para-hydroxylation sites is 1. The molecule has 0 aliphatic carbocycles. The fourth-order valence-electron chi connectivity index (χ4n) is 3.74. The molecule has 3 aromatic carbocycles. The second kappa shape index (κ2) is 10.6. The van der Waals surface area contributed by atoms with Crippen LogP contribution in [0.25, 0.3) is 10.9 Å². The van der Waals surface area contributed by atoms with Crippen LogP contribution in [0.5, 0.6) is 28.7 Å². The van der Waals surface area contributed by atoms with Crippen LogP contribution in [0.15, 0.2) is 72.9 Å². The standard InChI is InChI=1S/C27H27N3O5/c1-17(20-7-5-6-8-23(20)32-2)29-27(31)30-18-9-11-19(12-10-18)35-24-13-14-28-22-16-26(34-4)25(33-3)15-21(22)24/h5-17H,1-4H3,(H2,29,30,31)/t17-/m1/s1. The van der Waals surface area contributed by atoms with Gasteiger partial charge in [0.05, 0.1) is 32.9 Å². The molecule has 2 N–H and O–H groups in total. The summed E-state index contributed by atoms with van der Waals surface area (Å²) in [6.45, 7) is 1.90. The molecule has 1 aromatic heterocycles. The SMILES string of the molecule is COc1cc2nccc(Oc3ccc(NC(=O)N[C@H](C)c4ccccc4OC)cc3)c2cc1OC. The molecule has 2 amide bonds. The molecule has 0 saturated heterocycles. The number of ether oxygens (including phenoxy) is 4. The fraction of sp³-hybridized carbons (Fsp3) is 0.185. The van der Waals surface area contributed by atoms with Gasteiger partial charge < -0.3 is 29.6 Å². The molecule has 1 atom stereocenters. The van der Waals surface area contributed by atoms with Gasteiger partial charge in [0.25, 0.3) is 0 Å². The first-order chi connectivity index (χ1) is 17.0. The predicted octanol–water partition coefficient (Wildman–Crippen LogP) is 5.94. The maximum absolute atomic E-state index is 12.5. The van der Waals surface area contributed by atoms with Gasteiger partial charge in [0, 0.05) is 28.9 Å². The number of benzene rings is 3. The van der Waals surface area contributed by atoms with Crippen LogP contribution in [0, 0.1) is 0 Å². The number of carbonyl (C=O) groups is 1. The molecule has 1 heterocycles. The highest BCUT2D eigenvalue weighted by atomic mass is 16.5. The van der Waals surface area contributed by atoms with Gasteiger partial charge in [-0.1, -0.05) is 18.2 Å². The number of anilines is 1. The predicted molar refractivity (Wildman–Crippen MR) is 135 cm³/mol. The van der Waals surface area contributed by atoms with Crippen LogP contribution in [0.4, 0.5) is 10.5 Å². The molecule has 0 aliphatic heterocycles. The molecule has 0 bridgehead atoms. The molecule has 0 radical (unpaired) electrons. The maximum Gasteiger partial charge on any atom is 0.319 e. The Bertz CT molecular complexity index is 1320. The van der Waals surface area contributed by atoms with Crippen LogP contribution in [-0.2, 0) is 0 Å². The van der Waals surface area contributed by atoms with Crippen LogP contribution in [0.2, 0.25) is 0 Å². The van der Waals surface area contributed by atoms with Crippen LogP contribution < -0.4 is 29.6 Å². The number of fused-ring (bicyclic) bond motifs is 1. The van der Waals surface area contributed by atoms with Crippen molar-refractivity contribution < 1.29 is 23.7 Å². The van der Waals surface area contributed by atoms with Crippen molar-refractivity contribution in [1.29, 1.82) is 0 Å². The number of aromatic nitrogens is 1. The third kappa shape index (κ3) is 5.38. The molecule has 8 heteroatoms. The van der Waals surface area contributed by atoms with Gasteiger partial charge in [-0.05, 0) is 49.4 Å². The summed E-state index contributed by atoms with van der Waals surface area (Å²) in [5, 5.41) is 6.55. The molecule has 4 rings (SSSR count). The molecule has 35 heavy (non-hydrogen) atoms. The number of carbonyl (C=O) groups excluding carboxylic acids is 1. The molecule has 0 aliphatic rings. The summed E-state index contributed by atoms with van der Waals surface area (Å²) >= 11 is 0. The lowest BCUT2D eigenvalue weighted by molar-refractivity contribution is 0.249. The first-order valence-corrected chi connectivity index (χ1v) is 11.0. The van der Waals surface area contributed by atoms with E-state index >= 15 is 0 Å². The van der Waals surface area contributed by atoms with Crippen molar-refractivity contribution in [3.05, 3.63) is 78.5 Å². The van der Waals surface area contributed by atoms with E-state index in [4.69, 9.17) is 18.9 Å². The van der Waals surface area contributed by atoms with Gasteiger partial charge in [0.15, 0.2) is 11.5 Å². The third-order valence-corrected chi connectivity index (χ3v) is 5.50. The number of rotatable bonds is 8. The van der Waals surface area contributed by atoms with Gasteiger partial charge in [-0.25, -0.2) is 4.79 Å². The minimum absolute atomic E-state index is 0.232. The van der Waals surface area contributed by atoms with Crippen molar-refractivity contribution >= 4 is 22.6 Å². The van der Waals surface area contributed by atoms with Crippen molar-refractivity contribution in [1.82, 2.24) is 10.3 Å². The Kier molecular flexibility index (Phi) is 7.21. The Labute approximate surface area is 203 Å². The number of urea groups is 1. The summed E-state index contributed by atoms with van der Waals surface area (Å²) in [7, 11) is 4.77. The Balaban J connectivity index is 1.44. The number of amides is 2. The van der Waals surface area contributed by atoms with E-state index < -0.39 is 0 Å². The summed E-state index contributed by atoms with van der Waals surface area (Å²) in [4.78, 5) is 16.9. The van der Waals surface area contributed by atoms with Crippen molar-refractivity contribution in [3.8, 4) is 28.7 Å². The monoisotopic (exact) mass is 473 g/mol. The number of nitrogens with zero attached hydrogens (tertiary/aromatic N) is 1. The van der Waals surface area contributed by atoms with Crippen molar-refractivity contribution in [2.75, 3.05) is 26.6 Å². The van der Waals surface area contributed by atoms with E-state index in [1.54, 1.807) is 63.9 Å². The molecule has 8 nitrogen and oxygen atoms in total. The largest absolute Gasteiger partial charge is 0.496 e. The third-order valence-electron chi connectivity index (χ3n) is 5.50. The molecule has 0 saturated carbocycles. The number of hydrogen-bond donors (Lipinski definition) is 2. The van der Waals surface area contributed by atoms with Crippen molar-refractivity contribution in [2.24, 2.45) is 0 Å². The Morgan fingerprint density at radius 1 is 0.829 bits per heavy atom. The Hall–Kier alpha value is -4.46. The summed E-state index contributed by atoms with van der Waals surface area (Å²) in [6, 6.07) is 19.6. The molecule has 180 valence electrons. The number of hydrogen-bond acceptors (Lipinski definition) is 6. The average Bonchev–Trinajstić information content (AvgIpc) is 2.89. The lowest BCUT2D eigenvalue weighted by atomic mass is 10.1. The molecular weight excluding hydrogens is 446 g/mol. The zero-order valence-corrected chi connectivity index (χ0v) is 20.0. The highest BCUT2D eigenvalue weighted by Crippen LogP contribution is 2.37. The van der Waals surface area contributed by atoms with E-state index in [0.717, 1.165) is 22.2 Å². The minimum Gasteiger partial charge on any atom is -0.496 e. The zero-order valence-electron chi connectivity index (χ0n) is 20.0. The van der Waals surface area contributed by atoms with Gasteiger partial charge >= 0.3 is 6.03 Å². The normalized spacial score (nSPS) is 11.4. The van der Waals surface area contributed by atoms with Crippen LogP contribution in [0.3, 0.4) is 0 Å². The van der Waals surface area contributed by atoms with Crippen molar-refractivity contribution in [3.63, 3.8) is 0 Å². The number of methoxy groups -OCH3 is 3. The molecular formula is C27H27N3O5. The molecule has 0 spiro atoms. The zero-order chi connectivity index (χ0) is 24.8. The summed E-state index contributed by atoms with van der Waals surface area (Å²) in [5.41, 5.74) is 2.25. The highest BCUT2D eigenvalue weighted by molar-refractivity contribution is 5.90. The van der Waals surface area contributed by atoms with Gasteiger partial charge in [0.1, 0.15) is 17.2 Å². The van der Waals surface area contributed by atoms with E-state index in [9.17, 15) is 4.79 Å². The minimum atomic E-state index is -0.321. The number of pyridine rings is 1.